The number of benzene rings is 1. The van der Waals surface area contributed by atoms with Crippen LogP contribution in [0.1, 0.15) is 24.0 Å². The standard InChI is InChI=1S/C21H30N2O2S/c1-24-20-4-3-17(13-21(20)25-2)7-11-23(15-19-8-12-26-16-19)14-18-5-9-22-10-6-18/h3-4,8,12-13,16,18,22H,5-7,9-11,14-15H2,1-2H3. The van der Waals surface area contributed by atoms with Crippen LogP contribution in [0, 0.1) is 5.92 Å². The van der Waals surface area contributed by atoms with E-state index in [1.165, 1.54) is 30.5 Å². The summed E-state index contributed by atoms with van der Waals surface area (Å²) in [4.78, 5) is 2.62. The third kappa shape index (κ3) is 5.47. The van der Waals surface area contributed by atoms with Crippen molar-refractivity contribution in [3.05, 3.63) is 46.2 Å². The molecule has 0 unspecified atom stereocenters. The number of hydrogen-bond acceptors (Lipinski definition) is 5. The maximum Gasteiger partial charge on any atom is 0.160 e. The predicted molar refractivity (Wildman–Crippen MR) is 108 cm³/mol. The minimum Gasteiger partial charge on any atom is -0.493 e. The minimum atomic E-state index is 0.793. The molecule has 1 aliphatic rings. The Morgan fingerprint density at radius 1 is 1.08 bits per heavy atom. The molecule has 2 aromatic rings. The summed E-state index contributed by atoms with van der Waals surface area (Å²) in [6.07, 6.45) is 3.60. The Hall–Kier alpha value is -1.56. The highest BCUT2D eigenvalue weighted by Gasteiger charge is 2.17. The molecule has 2 heterocycles. The Kier molecular flexibility index (Phi) is 7.35. The van der Waals surface area contributed by atoms with Crippen LogP contribution in [0.5, 0.6) is 11.5 Å². The van der Waals surface area contributed by atoms with Crippen LogP contribution >= 0.6 is 11.3 Å². The van der Waals surface area contributed by atoms with Crippen LogP contribution in [0.4, 0.5) is 0 Å². The van der Waals surface area contributed by atoms with Crippen LogP contribution < -0.4 is 14.8 Å². The number of hydrogen-bond donors (Lipinski definition) is 1. The largest absolute Gasteiger partial charge is 0.493 e. The third-order valence-corrected chi connectivity index (χ3v) is 5.86. The Balaban J connectivity index is 1.62. The van der Waals surface area contributed by atoms with Gasteiger partial charge in [0.15, 0.2) is 11.5 Å². The quantitative estimate of drug-likeness (QED) is 0.724. The monoisotopic (exact) mass is 374 g/mol. The summed E-state index contributed by atoms with van der Waals surface area (Å²) in [6, 6.07) is 8.50. The highest BCUT2D eigenvalue weighted by atomic mass is 32.1. The van der Waals surface area contributed by atoms with Crippen LogP contribution in [0.2, 0.25) is 0 Å². The van der Waals surface area contributed by atoms with Gasteiger partial charge in [-0.1, -0.05) is 6.07 Å². The molecule has 1 aromatic carbocycles. The van der Waals surface area contributed by atoms with Crippen molar-refractivity contribution < 1.29 is 9.47 Å². The topological polar surface area (TPSA) is 33.7 Å². The van der Waals surface area contributed by atoms with E-state index in [0.29, 0.717) is 0 Å². The van der Waals surface area contributed by atoms with Crippen LogP contribution in [-0.4, -0.2) is 45.3 Å². The molecule has 4 nitrogen and oxygen atoms in total. The fraction of sp³-hybridized carbons (Fsp3) is 0.524. The number of ether oxygens (including phenoxy) is 2. The van der Waals surface area contributed by atoms with Crippen molar-refractivity contribution >= 4 is 11.3 Å². The van der Waals surface area contributed by atoms with Crippen molar-refractivity contribution in [2.75, 3.05) is 40.4 Å². The molecule has 1 aliphatic heterocycles. The Bertz CT molecular complexity index is 654. The number of rotatable bonds is 9. The van der Waals surface area contributed by atoms with Crippen LogP contribution in [0.15, 0.2) is 35.0 Å². The van der Waals surface area contributed by atoms with Crippen molar-refractivity contribution in [3.8, 4) is 11.5 Å². The van der Waals surface area contributed by atoms with E-state index in [1.54, 1.807) is 25.6 Å². The number of thiophene rings is 1. The van der Waals surface area contributed by atoms with E-state index in [-0.39, 0.29) is 0 Å². The lowest BCUT2D eigenvalue weighted by molar-refractivity contribution is 0.200. The highest BCUT2D eigenvalue weighted by Crippen LogP contribution is 2.28. The molecule has 1 N–H and O–H groups in total. The summed E-state index contributed by atoms with van der Waals surface area (Å²) in [5, 5.41) is 7.91. The van der Waals surface area contributed by atoms with Gasteiger partial charge in [0, 0.05) is 19.6 Å². The number of nitrogens with zero attached hydrogens (tertiary/aromatic N) is 1. The molecule has 0 spiro atoms. The second-order valence-electron chi connectivity index (χ2n) is 7.00. The van der Waals surface area contributed by atoms with Gasteiger partial charge >= 0.3 is 0 Å². The lowest BCUT2D eigenvalue weighted by atomic mass is 9.97. The van der Waals surface area contributed by atoms with Gasteiger partial charge in [-0.25, -0.2) is 0 Å². The van der Waals surface area contributed by atoms with Gasteiger partial charge in [0.25, 0.3) is 0 Å². The number of piperidine rings is 1. The average Bonchev–Trinajstić information content (AvgIpc) is 3.19. The molecule has 5 heteroatoms. The van der Waals surface area contributed by atoms with Gasteiger partial charge in [0.05, 0.1) is 14.2 Å². The van der Waals surface area contributed by atoms with Gasteiger partial charge in [-0.15, -0.1) is 0 Å². The molecule has 3 rings (SSSR count). The van der Waals surface area contributed by atoms with Crippen molar-refractivity contribution in [3.63, 3.8) is 0 Å². The van der Waals surface area contributed by atoms with E-state index in [1.807, 2.05) is 6.07 Å². The van der Waals surface area contributed by atoms with Crippen LogP contribution in [-0.2, 0) is 13.0 Å². The molecule has 0 saturated carbocycles. The second kappa shape index (κ2) is 9.95. The summed E-state index contributed by atoms with van der Waals surface area (Å²) >= 11 is 1.78. The fourth-order valence-corrected chi connectivity index (χ4v) is 4.29. The molecule has 1 aromatic heterocycles. The van der Waals surface area contributed by atoms with E-state index in [4.69, 9.17) is 9.47 Å². The van der Waals surface area contributed by atoms with Gasteiger partial charge < -0.3 is 14.8 Å². The van der Waals surface area contributed by atoms with Crippen molar-refractivity contribution in [1.82, 2.24) is 10.2 Å². The van der Waals surface area contributed by atoms with Crippen molar-refractivity contribution in [1.29, 1.82) is 0 Å². The van der Waals surface area contributed by atoms with E-state index in [2.05, 4.69) is 39.2 Å². The molecule has 142 valence electrons. The van der Waals surface area contributed by atoms with Gasteiger partial charge in [-0.3, -0.25) is 4.90 Å². The zero-order valence-electron chi connectivity index (χ0n) is 15.9. The first-order valence-electron chi connectivity index (χ1n) is 9.43. The second-order valence-corrected chi connectivity index (χ2v) is 7.78. The molecular formula is C21H30N2O2S. The summed E-state index contributed by atoms with van der Waals surface area (Å²) in [5.41, 5.74) is 2.72. The summed E-state index contributed by atoms with van der Waals surface area (Å²) in [7, 11) is 3.38. The van der Waals surface area contributed by atoms with E-state index in [0.717, 1.165) is 50.0 Å². The predicted octanol–water partition coefficient (Wildman–Crippen LogP) is 3.81. The van der Waals surface area contributed by atoms with Gasteiger partial charge in [-0.05, 0) is 78.4 Å². The maximum absolute atomic E-state index is 5.45. The maximum atomic E-state index is 5.45. The van der Waals surface area contributed by atoms with Gasteiger partial charge in [0.2, 0.25) is 0 Å². The molecule has 0 amide bonds. The molecule has 0 radical (unpaired) electrons. The first-order valence-corrected chi connectivity index (χ1v) is 10.4. The zero-order valence-corrected chi connectivity index (χ0v) is 16.7. The van der Waals surface area contributed by atoms with Crippen LogP contribution in [0.25, 0.3) is 0 Å². The van der Waals surface area contributed by atoms with E-state index >= 15 is 0 Å². The third-order valence-electron chi connectivity index (χ3n) is 5.13. The Labute approximate surface area is 161 Å². The normalized spacial score (nSPS) is 15.3. The van der Waals surface area contributed by atoms with Gasteiger partial charge in [0.1, 0.15) is 0 Å². The zero-order chi connectivity index (χ0) is 18.2. The molecule has 0 aliphatic carbocycles. The summed E-state index contributed by atoms with van der Waals surface area (Å²) in [5.74, 6) is 2.41. The molecule has 0 bridgehead atoms. The molecule has 1 saturated heterocycles. The summed E-state index contributed by atoms with van der Waals surface area (Å²) in [6.45, 7) is 5.61. The fourth-order valence-electron chi connectivity index (χ4n) is 3.63. The molecule has 26 heavy (non-hydrogen) atoms. The summed E-state index contributed by atoms with van der Waals surface area (Å²) < 4.78 is 10.8. The molecule has 0 atom stereocenters. The first-order chi connectivity index (χ1) is 12.8. The van der Waals surface area contributed by atoms with E-state index in [9.17, 15) is 0 Å². The Morgan fingerprint density at radius 3 is 2.58 bits per heavy atom. The lowest BCUT2D eigenvalue weighted by Crippen LogP contribution is -2.36. The van der Waals surface area contributed by atoms with Gasteiger partial charge in [-0.2, -0.15) is 11.3 Å². The smallest absolute Gasteiger partial charge is 0.160 e. The average molecular weight is 375 g/mol. The van der Waals surface area contributed by atoms with E-state index < -0.39 is 0 Å². The first kappa shape index (κ1) is 19.2. The molecule has 1 fully saturated rings. The van der Waals surface area contributed by atoms with Crippen molar-refractivity contribution in [2.45, 2.75) is 25.8 Å². The number of methoxy groups -OCH3 is 2. The number of nitrogens with one attached hydrogen (secondary N) is 1. The highest BCUT2D eigenvalue weighted by molar-refractivity contribution is 7.07. The van der Waals surface area contributed by atoms with Crippen molar-refractivity contribution in [2.24, 2.45) is 5.92 Å². The lowest BCUT2D eigenvalue weighted by Gasteiger charge is -2.30. The SMILES string of the molecule is COc1ccc(CCN(Cc2ccsc2)CC2CCNCC2)cc1OC. The Morgan fingerprint density at radius 2 is 1.88 bits per heavy atom. The molecular weight excluding hydrogens is 344 g/mol. The minimum absolute atomic E-state index is 0.793. The van der Waals surface area contributed by atoms with Crippen LogP contribution in [0.3, 0.4) is 0 Å².